The largest absolute Gasteiger partial charge is 0.331 e. The first kappa shape index (κ1) is 14.7. The molecule has 0 saturated heterocycles. The van der Waals surface area contributed by atoms with E-state index in [4.69, 9.17) is 11.6 Å². The van der Waals surface area contributed by atoms with Crippen LogP contribution in [-0.4, -0.2) is 16.5 Å². The quantitative estimate of drug-likeness (QED) is 0.629. The molecule has 0 fully saturated rings. The number of nitrogens with zero attached hydrogens (tertiary/aromatic N) is 2. The Bertz CT molecular complexity index is 617. The zero-order chi connectivity index (χ0) is 14.5. The van der Waals surface area contributed by atoms with E-state index in [1.54, 1.807) is 6.07 Å². The van der Waals surface area contributed by atoms with Crippen LogP contribution in [0.25, 0.3) is 0 Å². The average molecular weight is 313 g/mol. The van der Waals surface area contributed by atoms with E-state index in [-0.39, 0.29) is 10.7 Å². The fraction of sp³-hybridized carbons (Fsp3) is 0.250. The number of anilines is 2. The third kappa shape index (κ3) is 3.66. The molecule has 0 saturated carbocycles. The molecule has 0 atom stereocenters. The first-order chi connectivity index (χ1) is 9.60. The van der Waals surface area contributed by atoms with Crippen LogP contribution in [0.2, 0.25) is 5.02 Å². The molecule has 2 rings (SSSR count). The lowest BCUT2D eigenvalue weighted by Gasteiger charge is -2.03. The van der Waals surface area contributed by atoms with Crippen molar-refractivity contribution in [3.8, 4) is 0 Å². The summed E-state index contributed by atoms with van der Waals surface area (Å²) in [5.41, 5.74) is 1.40. The Kier molecular flexibility index (Phi) is 4.89. The van der Waals surface area contributed by atoms with Crippen molar-refractivity contribution in [2.75, 3.05) is 11.9 Å². The van der Waals surface area contributed by atoms with Crippen molar-refractivity contribution in [3.63, 3.8) is 0 Å². The van der Waals surface area contributed by atoms with Gasteiger partial charge in [-0.2, -0.15) is 0 Å². The van der Waals surface area contributed by atoms with Gasteiger partial charge in [0.15, 0.2) is 5.13 Å². The molecule has 0 aliphatic heterocycles. The summed E-state index contributed by atoms with van der Waals surface area (Å²) in [5.74, 6) is 0. The lowest BCUT2D eigenvalue weighted by Crippen LogP contribution is -2.11. The van der Waals surface area contributed by atoms with E-state index >= 15 is 0 Å². The Labute approximate surface area is 124 Å². The van der Waals surface area contributed by atoms with Gasteiger partial charge in [-0.15, -0.1) is 11.3 Å². The van der Waals surface area contributed by atoms with Gasteiger partial charge in [0.05, 0.1) is 10.6 Å². The minimum Gasteiger partial charge on any atom is -0.331 e. The molecule has 1 aromatic carbocycles. The number of nitro groups is 1. The van der Waals surface area contributed by atoms with Gasteiger partial charge in [-0.3, -0.25) is 10.1 Å². The van der Waals surface area contributed by atoms with Crippen LogP contribution in [0.1, 0.15) is 12.6 Å². The molecule has 6 nitrogen and oxygen atoms in total. The molecule has 0 aliphatic carbocycles. The lowest BCUT2D eigenvalue weighted by atomic mass is 10.3. The van der Waals surface area contributed by atoms with Gasteiger partial charge in [0, 0.05) is 23.7 Å². The van der Waals surface area contributed by atoms with Gasteiger partial charge in [-0.05, 0) is 18.7 Å². The number of benzene rings is 1. The Morgan fingerprint density at radius 2 is 2.30 bits per heavy atom. The number of rotatable bonds is 6. The molecule has 2 N–H and O–H groups in total. The maximum absolute atomic E-state index is 10.8. The molecule has 8 heteroatoms. The number of aromatic nitrogens is 1. The van der Waals surface area contributed by atoms with Crippen molar-refractivity contribution in [1.29, 1.82) is 0 Å². The number of hydrogen-bond acceptors (Lipinski definition) is 6. The fourth-order valence-corrected chi connectivity index (χ4v) is 2.47. The predicted octanol–water partition coefficient (Wildman–Crippen LogP) is 3.56. The third-order valence-electron chi connectivity index (χ3n) is 2.50. The summed E-state index contributed by atoms with van der Waals surface area (Å²) >= 11 is 7.21. The van der Waals surface area contributed by atoms with E-state index in [9.17, 15) is 10.1 Å². The van der Waals surface area contributed by atoms with Gasteiger partial charge >= 0.3 is 0 Å². The number of nitrogens with one attached hydrogen (secondary N) is 2. The summed E-state index contributed by atoms with van der Waals surface area (Å²) in [7, 11) is 0. The van der Waals surface area contributed by atoms with Gasteiger partial charge in [-0.1, -0.05) is 18.5 Å². The maximum Gasteiger partial charge on any atom is 0.289 e. The van der Waals surface area contributed by atoms with Crippen molar-refractivity contribution >= 4 is 39.4 Å². The van der Waals surface area contributed by atoms with Crippen molar-refractivity contribution < 1.29 is 4.92 Å². The fourth-order valence-electron chi connectivity index (χ4n) is 1.55. The SMILES string of the molecule is CCNCc1csc(Nc2ccc(Cl)c([N+](=O)[O-])c2)n1. The van der Waals surface area contributed by atoms with E-state index in [2.05, 4.69) is 15.6 Å². The van der Waals surface area contributed by atoms with E-state index in [1.807, 2.05) is 12.3 Å². The summed E-state index contributed by atoms with van der Waals surface area (Å²) in [5, 5.41) is 19.8. The molecule has 0 bridgehead atoms. The minimum absolute atomic E-state index is 0.118. The molecular formula is C12H13ClN4O2S. The first-order valence-corrected chi connectivity index (χ1v) is 7.22. The van der Waals surface area contributed by atoms with Crippen LogP contribution in [0.5, 0.6) is 0 Å². The molecule has 0 radical (unpaired) electrons. The van der Waals surface area contributed by atoms with E-state index in [0.29, 0.717) is 17.4 Å². The lowest BCUT2D eigenvalue weighted by molar-refractivity contribution is -0.384. The molecule has 1 aromatic heterocycles. The molecule has 1 heterocycles. The summed E-state index contributed by atoms with van der Waals surface area (Å²) < 4.78 is 0. The van der Waals surface area contributed by atoms with Gasteiger partial charge in [-0.25, -0.2) is 4.98 Å². The van der Waals surface area contributed by atoms with E-state index < -0.39 is 4.92 Å². The van der Waals surface area contributed by atoms with Crippen LogP contribution in [0.4, 0.5) is 16.5 Å². The maximum atomic E-state index is 10.8. The van der Waals surface area contributed by atoms with Crippen LogP contribution >= 0.6 is 22.9 Å². The number of hydrogen-bond donors (Lipinski definition) is 2. The highest BCUT2D eigenvalue weighted by Gasteiger charge is 2.13. The zero-order valence-electron chi connectivity index (χ0n) is 10.7. The van der Waals surface area contributed by atoms with Gasteiger partial charge in [0.25, 0.3) is 5.69 Å². The second-order valence-electron chi connectivity index (χ2n) is 3.97. The highest BCUT2D eigenvalue weighted by molar-refractivity contribution is 7.13. The van der Waals surface area contributed by atoms with Gasteiger partial charge in [0.2, 0.25) is 0 Å². The van der Waals surface area contributed by atoms with Crippen molar-refractivity contribution in [1.82, 2.24) is 10.3 Å². The second kappa shape index (κ2) is 6.65. The average Bonchev–Trinajstić information content (AvgIpc) is 2.86. The predicted molar refractivity (Wildman–Crippen MR) is 80.9 cm³/mol. The summed E-state index contributed by atoms with van der Waals surface area (Å²) in [6, 6.07) is 4.57. The topological polar surface area (TPSA) is 80.1 Å². The van der Waals surface area contributed by atoms with Gasteiger partial charge < -0.3 is 10.6 Å². The van der Waals surface area contributed by atoms with E-state index in [1.165, 1.54) is 23.5 Å². The summed E-state index contributed by atoms with van der Waals surface area (Å²) in [4.78, 5) is 14.7. The molecule has 20 heavy (non-hydrogen) atoms. The molecular weight excluding hydrogens is 300 g/mol. The molecule has 106 valence electrons. The number of thiazole rings is 1. The van der Waals surface area contributed by atoms with Crippen LogP contribution in [0.3, 0.4) is 0 Å². The monoisotopic (exact) mass is 312 g/mol. The van der Waals surface area contributed by atoms with Crippen molar-refractivity contribution in [2.45, 2.75) is 13.5 Å². The zero-order valence-corrected chi connectivity index (χ0v) is 12.3. The van der Waals surface area contributed by atoms with Crippen LogP contribution < -0.4 is 10.6 Å². The molecule has 0 amide bonds. The van der Waals surface area contributed by atoms with Crippen LogP contribution in [0.15, 0.2) is 23.6 Å². The van der Waals surface area contributed by atoms with Crippen LogP contribution in [-0.2, 0) is 6.54 Å². The van der Waals surface area contributed by atoms with Crippen LogP contribution in [0, 0.1) is 10.1 Å². The smallest absolute Gasteiger partial charge is 0.289 e. The summed E-state index contributed by atoms with van der Waals surface area (Å²) in [6.45, 7) is 3.61. The van der Waals surface area contributed by atoms with E-state index in [0.717, 1.165) is 12.2 Å². The third-order valence-corrected chi connectivity index (χ3v) is 3.63. The highest BCUT2D eigenvalue weighted by atomic mass is 35.5. The Hall–Kier alpha value is -1.70. The Morgan fingerprint density at radius 3 is 3.00 bits per heavy atom. The Balaban J connectivity index is 2.11. The minimum atomic E-state index is -0.508. The number of halogens is 1. The standard InChI is InChI=1S/C12H13ClN4O2S/c1-2-14-6-9-7-20-12(16-9)15-8-3-4-10(13)11(5-8)17(18)19/h3-5,7,14H,2,6H2,1H3,(H,15,16). The molecule has 0 spiro atoms. The normalized spacial score (nSPS) is 10.5. The Morgan fingerprint density at radius 1 is 1.50 bits per heavy atom. The molecule has 2 aromatic rings. The van der Waals surface area contributed by atoms with Crippen molar-refractivity contribution in [3.05, 3.63) is 44.4 Å². The highest BCUT2D eigenvalue weighted by Crippen LogP contribution is 2.29. The summed E-state index contributed by atoms with van der Waals surface area (Å²) in [6.07, 6.45) is 0. The first-order valence-electron chi connectivity index (χ1n) is 5.96. The van der Waals surface area contributed by atoms with Crippen molar-refractivity contribution in [2.24, 2.45) is 0 Å². The number of nitro benzene ring substituents is 1. The van der Waals surface area contributed by atoms with Gasteiger partial charge in [0.1, 0.15) is 5.02 Å². The second-order valence-corrected chi connectivity index (χ2v) is 5.24. The molecule has 0 unspecified atom stereocenters. The molecule has 0 aliphatic rings.